The van der Waals surface area contributed by atoms with Crippen LogP contribution >= 0.6 is 21.6 Å². The van der Waals surface area contributed by atoms with Crippen LogP contribution in [-0.2, 0) is 13.3 Å². The fourth-order valence-corrected chi connectivity index (χ4v) is 8.66. The van der Waals surface area contributed by atoms with Crippen molar-refractivity contribution in [3.8, 4) is 0 Å². The molecular formula is C15H36O3S2Si2. The Kier molecular flexibility index (Phi) is 13.9. The zero-order chi connectivity index (χ0) is 16.9. The molecule has 0 aromatic heterocycles. The SMILES string of the molecule is CCO[Si](CCCSSCCC[Si](C)(C)C)(OCC)OCC. The highest BCUT2D eigenvalue weighted by Crippen LogP contribution is 2.27. The van der Waals surface area contributed by atoms with Crippen LogP contribution in [0, 0.1) is 0 Å². The Bertz CT molecular complexity index is 247. The van der Waals surface area contributed by atoms with Gasteiger partial charge < -0.3 is 13.3 Å². The molecule has 0 aliphatic rings. The van der Waals surface area contributed by atoms with Crippen molar-refractivity contribution in [1.29, 1.82) is 0 Å². The summed E-state index contributed by atoms with van der Waals surface area (Å²) in [6.07, 6.45) is 2.47. The van der Waals surface area contributed by atoms with Crippen LogP contribution in [0.1, 0.15) is 33.6 Å². The van der Waals surface area contributed by atoms with Gasteiger partial charge in [0.25, 0.3) is 0 Å². The molecule has 0 amide bonds. The molecule has 3 nitrogen and oxygen atoms in total. The molecule has 0 aliphatic carbocycles. The fourth-order valence-electron chi connectivity index (χ4n) is 2.13. The third kappa shape index (κ3) is 12.4. The topological polar surface area (TPSA) is 27.7 Å². The molecule has 0 heterocycles. The minimum Gasteiger partial charge on any atom is -0.374 e. The Morgan fingerprint density at radius 3 is 1.45 bits per heavy atom. The average molecular weight is 385 g/mol. The van der Waals surface area contributed by atoms with Crippen LogP contribution in [0.3, 0.4) is 0 Å². The fraction of sp³-hybridized carbons (Fsp3) is 1.00. The lowest BCUT2D eigenvalue weighted by Gasteiger charge is -2.28. The van der Waals surface area contributed by atoms with Gasteiger partial charge in [0, 0.05) is 45.4 Å². The Labute approximate surface area is 148 Å². The predicted molar refractivity (Wildman–Crippen MR) is 108 cm³/mol. The van der Waals surface area contributed by atoms with E-state index in [0.29, 0.717) is 19.8 Å². The van der Waals surface area contributed by atoms with Gasteiger partial charge in [-0.05, 0) is 33.6 Å². The highest BCUT2D eigenvalue weighted by Gasteiger charge is 2.39. The molecule has 0 unspecified atom stereocenters. The summed E-state index contributed by atoms with van der Waals surface area (Å²) < 4.78 is 17.6. The van der Waals surface area contributed by atoms with Crippen molar-refractivity contribution in [3.63, 3.8) is 0 Å². The smallest absolute Gasteiger partial charge is 0.374 e. The summed E-state index contributed by atoms with van der Waals surface area (Å²) in [7, 11) is 0.738. The maximum atomic E-state index is 5.88. The molecule has 7 heteroatoms. The van der Waals surface area contributed by atoms with Crippen molar-refractivity contribution < 1.29 is 13.3 Å². The first-order valence-electron chi connectivity index (χ1n) is 8.55. The molecule has 0 N–H and O–H groups in total. The predicted octanol–water partition coefficient (Wildman–Crippen LogP) is 5.53. The van der Waals surface area contributed by atoms with Crippen LogP contribution < -0.4 is 0 Å². The molecule has 22 heavy (non-hydrogen) atoms. The summed E-state index contributed by atoms with van der Waals surface area (Å²) in [5.74, 6) is 2.43. The Balaban J connectivity index is 3.84. The number of hydrogen-bond donors (Lipinski definition) is 0. The van der Waals surface area contributed by atoms with Crippen molar-refractivity contribution in [2.24, 2.45) is 0 Å². The van der Waals surface area contributed by atoms with Gasteiger partial charge in [-0.3, -0.25) is 0 Å². The molecule has 0 aliphatic heterocycles. The minimum atomic E-state index is -2.41. The highest BCUT2D eigenvalue weighted by molar-refractivity contribution is 8.76. The summed E-state index contributed by atoms with van der Waals surface area (Å²) in [5, 5.41) is 0. The van der Waals surface area contributed by atoms with E-state index >= 15 is 0 Å². The molecule has 0 atom stereocenters. The average Bonchev–Trinajstić information content (AvgIpc) is 2.41. The van der Waals surface area contributed by atoms with Crippen molar-refractivity contribution in [1.82, 2.24) is 0 Å². The molecule has 134 valence electrons. The van der Waals surface area contributed by atoms with Crippen LogP contribution in [0.2, 0.25) is 31.7 Å². The lowest BCUT2D eigenvalue weighted by atomic mass is 10.6. The van der Waals surface area contributed by atoms with Crippen LogP contribution in [0.4, 0.5) is 0 Å². The van der Waals surface area contributed by atoms with Gasteiger partial charge in [0.05, 0.1) is 0 Å². The maximum Gasteiger partial charge on any atom is 0.500 e. The van der Waals surface area contributed by atoms with Crippen molar-refractivity contribution >= 4 is 38.5 Å². The van der Waals surface area contributed by atoms with E-state index in [4.69, 9.17) is 13.3 Å². The second-order valence-corrected chi connectivity index (χ2v) is 17.4. The van der Waals surface area contributed by atoms with Crippen LogP contribution in [-0.4, -0.2) is 48.2 Å². The lowest BCUT2D eigenvalue weighted by molar-refractivity contribution is 0.0712. The van der Waals surface area contributed by atoms with Gasteiger partial charge in [-0.1, -0.05) is 47.3 Å². The van der Waals surface area contributed by atoms with Gasteiger partial charge >= 0.3 is 8.80 Å². The summed E-state index contributed by atoms with van der Waals surface area (Å²) in [6, 6.07) is 2.38. The van der Waals surface area contributed by atoms with Gasteiger partial charge in [0.15, 0.2) is 0 Å². The van der Waals surface area contributed by atoms with Crippen LogP contribution in [0.25, 0.3) is 0 Å². The van der Waals surface area contributed by atoms with Crippen LogP contribution in [0.15, 0.2) is 0 Å². The molecule has 0 spiro atoms. The molecule has 0 aromatic rings. The molecular weight excluding hydrogens is 348 g/mol. The summed E-state index contributed by atoms with van der Waals surface area (Å²) >= 11 is 0. The van der Waals surface area contributed by atoms with Crippen molar-refractivity contribution in [3.05, 3.63) is 0 Å². The van der Waals surface area contributed by atoms with E-state index in [-0.39, 0.29) is 0 Å². The first-order chi connectivity index (χ1) is 10.4. The normalized spacial score (nSPS) is 12.8. The standard InChI is InChI=1S/C15H36O3S2Si2/c1-7-16-22(17-8-2,18-9-3)15-11-13-20-19-12-10-14-21(4,5)6/h7-15H2,1-6H3. The maximum absolute atomic E-state index is 5.88. The van der Waals surface area contributed by atoms with Crippen molar-refractivity contribution in [2.45, 2.75) is 65.3 Å². The highest BCUT2D eigenvalue weighted by atomic mass is 33.1. The Morgan fingerprint density at radius 1 is 0.682 bits per heavy atom. The molecule has 0 rings (SSSR count). The van der Waals surface area contributed by atoms with Gasteiger partial charge in [-0.15, -0.1) is 0 Å². The molecule has 0 radical (unpaired) electrons. The summed E-state index contributed by atoms with van der Waals surface area (Å²) in [4.78, 5) is 0. The second kappa shape index (κ2) is 13.3. The third-order valence-electron chi connectivity index (χ3n) is 3.04. The summed E-state index contributed by atoms with van der Waals surface area (Å²) in [6.45, 7) is 15.4. The lowest BCUT2D eigenvalue weighted by Crippen LogP contribution is -2.46. The number of hydrogen-bond acceptors (Lipinski definition) is 5. The van der Waals surface area contributed by atoms with E-state index in [1.807, 2.05) is 42.4 Å². The first-order valence-corrected chi connectivity index (χ1v) is 16.7. The van der Waals surface area contributed by atoms with Gasteiger partial charge in [0.2, 0.25) is 0 Å². The van der Waals surface area contributed by atoms with E-state index in [1.165, 1.54) is 18.2 Å². The van der Waals surface area contributed by atoms with Crippen molar-refractivity contribution in [2.75, 3.05) is 31.3 Å². The molecule has 0 bridgehead atoms. The molecule has 0 fully saturated rings. The molecule has 0 saturated heterocycles. The second-order valence-electron chi connectivity index (χ2n) is 6.39. The van der Waals surface area contributed by atoms with E-state index in [2.05, 4.69) is 19.6 Å². The third-order valence-corrected chi connectivity index (χ3v) is 10.6. The van der Waals surface area contributed by atoms with E-state index in [0.717, 1.165) is 18.2 Å². The van der Waals surface area contributed by atoms with Gasteiger partial charge in [0.1, 0.15) is 0 Å². The van der Waals surface area contributed by atoms with E-state index < -0.39 is 16.9 Å². The first kappa shape index (κ1) is 23.0. The zero-order valence-corrected chi connectivity index (χ0v) is 19.0. The largest absolute Gasteiger partial charge is 0.500 e. The van der Waals surface area contributed by atoms with E-state index in [1.54, 1.807) is 0 Å². The Hall–Kier alpha value is 1.01. The quantitative estimate of drug-likeness (QED) is 0.210. The monoisotopic (exact) mass is 384 g/mol. The minimum absolute atomic E-state index is 0.671. The van der Waals surface area contributed by atoms with E-state index in [9.17, 15) is 0 Å². The number of rotatable bonds is 15. The summed E-state index contributed by atoms with van der Waals surface area (Å²) in [5.41, 5.74) is 0. The Morgan fingerprint density at radius 2 is 1.09 bits per heavy atom. The molecule has 0 aromatic carbocycles. The zero-order valence-electron chi connectivity index (χ0n) is 15.4. The van der Waals surface area contributed by atoms with Gasteiger partial charge in [-0.2, -0.15) is 0 Å². The van der Waals surface area contributed by atoms with Gasteiger partial charge in [-0.25, -0.2) is 0 Å². The van der Waals surface area contributed by atoms with Crippen LogP contribution in [0.5, 0.6) is 0 Å². The molecule has 0 saturated carbocycles.